The fourth-order valence-corrected chi connectivity index (χ4v) is 3.50. The molecule has 1 atom stereocenters. The van der Waals surface area contributed by atoms with Gasteiger partial charge in [0.15, 0.2) is 0 Å². The molecule has 1 aliphatic rings. The molecular weight excluding hydrogens is 316 g/mol. The molecule has 3 rings (SSSR count). The highest BCUT2D eigenvalue weighted by molar-refractivity contribution is 7.10. The smallest absolute Gasteiger partial charge is 0.338 e. The van der Waals surface area contributed by atoms with Gasteiger partial charge in [0.2, 0.25) is 5.88 Å². The summed E-state index contributed by atoms with van der Waals surface area (Å²) in [7, 11) is 0. The van der Waals surface area contributed by atoms with Crippen molar-refractivity contribution in [2.45, 2.75) is 26.7 Å². The molecule has 7 heteroatoms. The molecule has 6 nitrogen and oxygen atoms in total. The molecule has 0 aromatic carbocycles. The van der Waals surface area contributed by atoms with E-state index in [2.05, 4.69) is 9.97 Å². The van der Waals surface area contributed by atoms with Crippen LogP contribution in [0.25, 0.3) is 0 Å². The van der Waals surface area contributed by atoms with E-state index in [4.69, 9.17) is 9.47 Å². The monoisotopic (exact) mass is 332 g/mol. The molecule has 0 fully saturated rings. The second kappa shape index (κ2) is 6.00. The summed E-state index contributed by atoms with van der Waals surface area (Å²) < 4.78 is 10.8. The van der Waals surface area contributed by atoms with Crippen LogP contribution in [0.4, 0.5) is 0 Å². The number of nitrogens with zero attached hydrogens (tertiary/aromatic N) is 1. The number of aromatic amines is 1. The van der Waals surface area contributed by atoms with Crippen molar-refractivity contribution < 1.29 is 14.3 Å². The van der Waals surface area contributed by atoms with E-state index < -0.39 is 11.9 Å². The summed E-state index contributed by atoms with van der Waals surface area (Å²) in [6.45, 7) is 5.37. The first-order chi connectivity index (χ1) is 11.0. The lowest BCUT2D eigenvalue weighted by Gasteiger charge is -2.26. The normalized spacial score (nSPS) is 16.7. The lowest BCUT2D eigenvalue weighted by molar-refractivity contribution is -0.139. The number of hydrogen-bond acceptors (Lipinski definition) is 6. The number of esters is 1. The van der Waals surface area contributed by atoms with Gasteiger partial charge in [-0.25, -0.2) is 4.79 Å². The standard InChI is InChI=1S/C16H16N2O4S/c1-4-21-16(20)11-8(2)22-15-13(14(19)17-9(3)18-15)12(11)10-6-5-7-23-10/h5-7,12H,4H2,1-3H3,(H,17,18,19)/t12-/m1/s1. The molecule has 0 saturated heterocycles. The third-order valence-corrected chi connectivity index (χ3v) is 4.51. The van der Waals surface area contributed by atoms with Crippen molar-refractivity contribution in [3.05, 3.63) is 55.5 Å². The molecule has 2 aromatic rings. The third kappa shape index (κ3) is 2.68. The number of aryl methyl sites for hydroxylation is 1. The molecule has 120 valence electrons. The van der Waals surface area contributed by atoms with Gasteiger partial charge in [-0.05, 0) is 32.2 Å². The summed E-state index contributed by atoms with van der Waals surface area (Å²) in [5, 5.41) is 1.90. The van der Waals surface area contributed by atoms with Crippen LogP contribution in [-0.4, -0.2) is 22.5 Å². The van der Waals surface area contributed by atoms with Gasteiger partial charge < -0.3 is 14.5 Å². The maximum absolute atomic E-state index is 12.5. The van der Waals surface area contributed by atoms with Gasteiger partial charge in [-0.1, -0.05) is 6.07 Å². The van der Waals surface area contributed by atoms with Gasteiger partial charge in [-0.2, -0.15) is 4.98 Å². The number of rotatable bonds is 3. The van der Waals surface area contributed by atoms with Crippen molar-refractivity contribution in [2.24, 2.45) is 0 Å². The highest BCUT2D eigenvalue weighted by atomic mass is 32.1. The topological polar surface area (TPSA) is 81.3 Å². The summed E-state index contributed by atoms with van der Waals surface area (Å²) in [6.07, 6.45) is 0. The fourth-order valence-electron chi connectivity index (χ4n) is 2.66. The van der Waals surface area contributed by atoms with Crippen LogP contribution in [0.1, 0.15) is 36.0 Å². The van der Waals surface area contributed by atoms with Crippen LogP contribution in [0.2, 0.25) is 0 Å². The number of thiophene rings is 1. The molecule has 0 amide bonds. The summed E-state index contributed by atoms with van der Waals surface area (Å²) in [5.41, 5.74) is 0.379. The average molecular weight is 332 g/mol. The molecule has 0 saturated carbocycles. The van der Waals surface area contributed by atoms with Crippen molar-refractivity contribution in [3.8, 4) is 5.88 Å². The van der Waals surface area contributed by atoms with E-state index in [1.54, 1.807) is 20.8 Å². The first-order valence-electron chi connectivity index (χ1n) is 7.22. The number of carbonyl (C=O) groups is 1. The van der Waals surface area contributed by atoms with Crippen LogP contribution >= 0.6 is 11.3 Å². The highest BCUT2D eigenvalue weighted by Crippen LogP contribution is 2.42. The number of H-pyrrole nitrogens is 1. The van der Waals surface area contributed by atoms with E-state index in [0.29, 0.717) is 22.7 Å². The number of allylic oxidation sites excluding steroid dienone is 1. The second-order valence-corrected chi connectivity index (χ2v) is 6.09. The number of fused-ring (bicyclic) bond motifs is 1. The number of nitrogens with one attached hydrogen (secondary N) is 1. The van der Waals surface area contributed by atoms with E-state index >= 15 is 0 Å². The SMILES string of the molecule is CCOC(=O)C1=C(C)Oc2nc(C)[nH]c(=O)c2[C@@H]1c1cccs1. The zero-order valence-electron chi connectivity index (χ0n) is 13.0. The highest BCUT2D eigenvalue weighted by Gasteiger charge is 2.38. The Morgan fingerprint density at radius 3 is 2.91 bits per heavy atom. The fraction of sp³-hybridized carbons (Fsp3) is 0.312. The van der Waals surface area contributed by atoms with E-state index in [0.717, 1.165) is 4.88 Å². The van der Waals surface area contributed by atoms with Crippen molar-refractivity contribution in [3.63, 3.8) is 0 Å². The van der Waals surface area contributed by atoms with Crippen LogP contribution in [-0.2, 0) is 9.53 Å². The van der Waals surface area contributed by atoms with Crippen LogP contribution < -0.4 is 10.3 Å². The minimum absolute atomic E-state index is 0.246. The van der Waals surface area contributed by atoms with Crippen molar-refractivity contribution in [1.82, 2.24) is 9.97 Å². The van der Waals surface area contributed by atoms with E-state index in [1.165, 1.54) is 11.3 Å². The van der Waals surface area contributed by atoms with Crippen LogP contribution in [0.15, 0.2) is 33.6 Å². The Morgan fingerprint density at radius 1 is 1.48 bits per heavy atom. The summed E-state index contributed by atoms with van der Waals surface area (Å²) >= 11 is 1.47. The minimum Gasteiger partial charge on any atom is -0.463 e. The number of carbonyl (C=O) groups excluding carboxylic acids is 1. The van der Waals surface area contributed by atoms with Crippen LogP contribution in [0.5, 0.6) is 5.88 Å². The maximum atomic E-state index is 12.5. The van der Waals surface area contributed by atoms with Gasteiger partial charge in [0.1, 0.15) is 11.6 Å². The van der Waals surface area contributed by atoms with Gasteiger partial charge in [-0.15, -0.1) is 11.3 Å². The predicted octanol–water partition coefficient (Wildman–Crippen LogP) is 2.50. The van der Waals surface area contributed by atoms with Gasteiger partial charge in [0, 0.05) is 4.88 Å². The molecule has 1 N–H and O–H groups in total. The second-order valence-electron chi connectivity index (χ2n) is 5.11. The first kappa shape index (κ1) is 15.5. The van der Waals surface area contributed by atoms with Crippen molar-refractivity contribution >= 4 is 17.3 Å². The molecular formula is C16H16N2O4S. The van der Waals surface area contributed by atoms with Gasteiger partial charge in [0.25, 0.3) is 5.56 Å². The molecule has 0 aliphatic carbocycles. The summed E-state index contributed by atoms with van der Waals surface area (Å²) in [4.78, 5) is 32.7. The summed E-state index contributed by atoms with van der Waals surface area (Å²) in [6, 6.07) is 3.76. The quantitative estimate of drug-likeness (QED) is 0.874. The van der Waals surface area contributed by atoms with E-state index in [1.807, 2.05) is 17.5 Å². The lowest BCUT2D eigenvalue weighted by Crippen LogP contribution is -2.29. The Hall–Kier alpha value is -2.41. The maximum Gasteiger partial charge on any atom is 0.338 e. The number of hydrogen-bond donors (Lipinski definition) is 1. The molecule has 1 aliphatic heterocycles. The van der Waals surface area contributed by atoms with E-state index in [-0.39, 0.29) is 18.0 Å². The lowest BCUT2D eigenvalue weighted by atomic mass is 9.88. The van der Waals surface area contributed by atoms with Crippen molar-refractivity contribution in [2.75, 3.05) is 6.61 Å². The Balaban J connectivity index is 2.24. The van der Waals surface area contributed by atoms with Crippen molar-refractivity contribution in [1.29, 1.82) is 0 Å². The number of ether oxygens (including phenoxy) is 2. The Morgan fingerprint density at radius 2 is 2.26 bits per heavy atom. The Bertz CT molecular complexity index is 836. The van der Waals surface area contributed by atoms with Gasteiger partial charge in [0.05, 0.1) is 23.7 Å². The molecule has 3 heterocycles. The summed E-state index contributed by atoms with van der Waals surface area (Å²) in [5.74, 6) is 0.108. The Kier molecular flexibility index (Phi) is 4.04. The largest absolute Gasteiger partial charge is 0.463 e. The average Bonchev–Trinajstić information content (AvgIpc) is 2.99. The molecule has 0 radical (unpaired) electrons. The molecule has 23 heavy (non-hydrogen) atoms. The minimum atomic E-state index is -0.533. The third-order valence-electron chi connectivity index (χ3n) is 3.57. The molecule has 0 bridgehead atoms. The predicted molar refractivity (Wildman–Crippen MR) is 85.7 cm³/mol. The molecule has 2 aromatic heterocycles. The molecule has 0 spiro atoms. The number of aromatic nitrogens is 2. The van der Waals surface area contributed by atoms with E-state index in [9.17, 15) is 9.59 Å². The zero-order valence-corrected chi connectivity index (χ0v) is 13.8. The van der Waals surface area contributed by atoms with Crippen LogP contribution in [0, 0.1) is 6.92 Å². The van der Waals surface area contributed by atoms with Gasteiger partial charge in [-0.3, -0.25) is 4.79 Å². The van der Waals surface area contributed by atoms with Gasteiger partial charge >= 0.3 is 5.97 Å². The van der Waals surface area contributed by atoms with Crippen LogP contribution in [0.3, 0.4) is 0 Å². The first-order valence-corrected chi connectivity index (χ1v) is 8.10. The Labute approximate surface area is 136 Å². The zero-order chi connectivity index (χ0) is 16.6. The molecule has 0 unspecified atom stereocenters.